The second-order valence-electron chi connectivity index (χ2n) is 4.21. The lowest BCUT2D eigenvalue weighted by molar-refractivity contribution is 0.0856. The third-order valence-corrected chi connectivity index (χ3v) is 4.47. The molecule has 1 aliphatic heterocycles. The van der Waals surface area contributed by atoms with Gasteiger partial charge in [-0.3, -0.25) is 4.90 Å². The molecule has 0 aromatic heterocycles. The molecular formula is C10H19NOS. The first-order valence-electron chi connectivity index (χ1n) is 5.26. The van der Waals surface area contributed by atoms with Gasteiger partial charge in [0.05, 0.1) is 6.10 Å². The Bertz CT molecular complexity index is 176. The summed E-state index contributed by atoms with van der Waals surface area (Å²) in [4.78, 5) is 2.50. The third kappa shape index (κ3) is 2.03. The highest BCUT2D eigenvalue weighted by molar-refractivity contribution is 7.99. The molecule has 0 spiro atoms. The molecule has 1 saturated carbocycles. The molecule has 1 saturated heterocycles. The van der Waals surface area contributed by atoms with E-state index in [2.05, 4.69) is 11.2 Å². The Morgan fingerprint density at radius 1 is 1.31 bits per heavy atom. The lowest BCUT2D eigenvalue weighted by Gasteiger charge is -2.26. The Labute approximate surface area is 84.7 Å². The van der Waals surface area contributed by atoms with Gasteiger partial charge in [0.25, 0.3) is 0 Å². The van der Waals surface area contributed by atoms with E-state index in [-0.39, 0.29) is 6.10 Å². The van der Waals surface area contributed by atoms with E-state index in [1.54, 1.807) is 0 Å². The summed E-state index contributed by atoms with van der Waals surface area (Å²) >= 11 is 1.97. The molecule has 0 aromatic rings. The molecule has 2 aliphatic rings. The van der Waals surface area contributed by atoms with Crippen LogP contribution in [0.4, 0.5) is 0 Å². The molecule has 0 radical (unpaired) electrons. The first-order valence-corrected chi connectivity index (χ1v) is 6.55. The number of rotatable bonds is 2. The quantitative estimate of drug-likeness (QED) is 0.729. The van der Waals surface area contributed by atoms with Gasteiger partial charge in [0, 0.05) is 17.8 Å². The summed E-state index contributed by atoms with van der Waals surface area (Å²) in [6.07, 6.45) is 6.91. The van der Waals surface area contributed by atoms with Gasteiger partial charge in [-0.2, -0.15) is 11.8 Å². The van der Waals surface area contributed by atoms with E-state index in [0.717, 1.165) is 11.7 Å². The van der Waals surface area contributed by atoms with Gasteiger partial charge >= 0.3 is 0 Å². The molecule has 3 atom stereocenters. The molecule has 2 fully saturated rings. The molecule has 76 valence electrons. The predicted molar refractivity (Wildman–Crippen MR) is 57.1 cm³/mol. The van der Waals surface area contributed by atoms with Crippen molar-refractivity contribution in [3.63, 3.8) is 0 Å². The largest absolute Gasteiger partial charge is 0.391 e. The van der Waals surface area contributed by atoms with E-state index < -0.39 is 0 Å². The number of likely N-dealkylation sites (tertiary alicyclic amines) is 1. The highest BCUT2D eigenvalue weighted by Crippen LogP contribution is 2.29. The summed E-state index contributed by atoms with van der Waals surface area (Å²) in [7, 11) is 0. The van der Waals surface area contributed by atoms with Crippen LogP contribution in [0.1, 0.15) is 25.7 Å². The van der Waals surface area contributed by atoms with Crippen LogP contribution in [0.15, 0.2) is 0 Å². The average molecular weight is 201 g/mol. The standard InChI is InChI=1S/C10H19NOS/c1-13-8-5-6-11(7-8)9-3-2-4-10(9)12/h8-10,12H,2-7H2,1H3/t8?,9-,10-/m0/s1. The van der Waals surface area contributed by atoms with Crippen LogP contribution in [0.5, 0.6) is 0 Å². The zero-order valence-corrected chi connectivity index (χ0v) is 9.09. The molecule has 2 nitrogen and oxygen atoms in total. The van der Waals surface area contributed by atoms with Crippen molar-refractivity contribution in [3.8, 4) is 0 Å². The highest BCUT2D eigenvalue weighted by atomic mass is 32.2. The molecule has 0 amide bonds. The number of nitrogens with zero attached hydrogens (tertiary/aromatic N) is 1. The van der Waals surface area contributed by atoms with Crippen LogP contribution < -0.4 is 0 Å². The first kappa shape index (κ1) is 9.81. The normalized spacial score (nSPS) is 41.5. The lowest BCUT2D eigenvalue weighted by Crippen LogP contribution is -2.38. The smallest absolute Gasteiger partial charge is 0.0695 e. The summed E-state index contributed by atoms with van der Waals surface area (Å²) in [5.41, 5.74) is 0. The van der Waals surface area contributed by atoms with Crippen LogP contribution in [0.3, 0.4) is 0 Å². The number of hydrogen-bond acceptors (Lipinski definition) is 3. The van der Waals surface area contributed by atoms with Gasteiger partial charge in [-0.25, -0.2) is 0 Å². The summed E-state index contributed by atoms with van der Waals surface area (Å²) in [5.74, 6) is 0. The van der Waals surface area contributed by atoms with Crippen LogP contribution in [-0.2, 0) is 0 Å². The van der Waals surface area contributed by atoms with Crippen LogP contribution in [-0.4, -0.2) is 46.7 Å². The van der Waals surface area contributed by atoms with Crippen LogP contribution >= 0.6 is 11.8 Å². The van der Waals surface area contributed by atoms with Gasteiger partial charge in [0.15, 0.2) is 0 Å². The summed E-state index contributed by atoms with van der Waals surface area (Å²) in [6.45, 7) is 2.40. The van der Waals surface area contributed by atoms with Crippen LogP contribution in [0.2, 0.25) is 0 Å². The molecule has 0 bridgehead atoms. The molecule has 0 aromatic carbocycles. The fraction of sp³-hybridized carbons (Fsp3) is 1.00. The third-order valence-electron chi connectivity index (χ3n) is 3.42. The number of thioether (sulfide) groups is 1. The maximum Gasteiger partial charge on any atom is 0.0695 e. The van der Waals surface area contributed by atoms with Crippen LogP contribution in [0.25, 0.3) is 0 Å². The molecule has 2 rings (SSSR count). The van der Waals surface area contributed by atoms with Gasteiger partial charge in [0.2, 0.25) is 0 Å². The molecule has 1 aliphatic carbocycles. The number of aliphatic hydroxyl groups excluding tert-OH is 1. The average Bonchev–Trinajstić information content (AvgIpc) is 2.71. The van der Waals surface area contributed by atoms with Gasteiger partial charge in [0.1, 0.15) is 0 Å². The zero-order valence-electron chi connectivity index (χ0n) is 8.28. The monoisotopic (exact) mass is 201 g/mol. The van der Waals surface area contributed by atoms with E-state index in [1.165, 1.54) is 32.4 Å². The minimum atomic E-state index is -0.0411. The Morgan fingerprint density at radius 2 is 2.15 bits per heavy atom. The number of hydrogen-bond donors (Lipinski definition) is 1. The first-order chi connectivity index (χ1) is 6.31. The molecule has 1 heterocycles. The van der Waals surface area contributed by atoms with Crippen molar-refractivity contribution < 1.29 is 5.11 Å². The molecule has 3 heteroatoms. The fourth-order valence-corrected chi connectivity index (χ4v) is 3.28. The maximum absolute atomic E-state index is 9.76. The molecule has 13 heavy (non-hydrogen) atoms. The van der Waals surface area contributed by atoms with E-state index in [1.807, 2.05) is 11.8 Å². The summed E-state index contributed by atoms with van der Waals surface area (Å²) < 4.78 is 0. The minimum Gasteiger partial charge on any atom is -0.391 e. The Kier molecular flexibility index (Phi) is 3.17. The van der Waals surface area contributed by atoms with E-state index >= 15 is 0 Å². The van der Waals surface area contributed by atoms with Crippen molar-refractivity contribution in [1.29, 1.82) is 0 Å². The minimum absolute atomic E-state index is 0.0411. The fourth-order valence-electron chi connectivity index (χ4n) is 2.59. The van der Waals surface area contributed by atoms with Crippen molar-refractivity contribution in [2.24, 2.45) is 0 Å². The maximum atomic E-state index is 9.76. The van der Waals surface area contributed by atoms with Gasteiger partial charge in [-0.15, -0.1) is 0 Å². The van der Waals surface area contributed by atoms with Crippen LogP contribution in [0, 0.1) is 0 Å². The second kappa shape index (κ2) is 4.20. The zero-order chi connectivity index (χ0) is 9.26. The lowest BCUT2D eigenvalue weighted by atomic mass is 10.2. The SMILES string of the molecule is CSC1CCN([C@H]2CCC[C@@H]2O)C1. The topological polar surface area (TPSA) is 23.5 Å². The Hall–Kier alpha value is 0.270. The van der Waals surface area contributed by atoms with Gasteiger partial charge in [-0.05, 0) is 38.5 Å². The Morgan fingerprint density at radius 3 is 2.69 bits per heavy atom. The van der Waals surface area contributed by atoms with Crippen molar-refractivity contribution in [2.75, 3.05) is 19.3 Å². The van der Waals surface area contributed by atoms with Crippen molar-refractivity contribution in [3.05, 3.63) is 0 Å². The highest BCUT2D eigenvalue weighted by Gasteiger charge is 2.34. The Balaban J connectivity index is 1.88. The van der Waals surface area contributed by atoms with Gasteiger partial charge < -0.3 is 5.11 Å². The van der Waals surface area contributed by atoms with Gasteiger partial charge in [-0.1, -0.05) is 0 Å². The summed E-state index contributed by atoms with van der Waals surface area (Å²) in [5, 5.41) is 10.6. The van der Waals surface area contributed by atoms with Crippen molar-refractivity contribution in [1.82, 2.24) is 4.90 Å². The molecular weight excluding hydrogens is 182 g/mol. The number of aliphatic hydroxyl groups is 1. The molecule has 1 N–H and O–H groups in total. The van der Waals surface area contributed by atoms with E-state index in [0.29, 0.717) is 6.04 Å². The van der Waals surface area contributed by atoms with Crippen molar-refractivity contribution in [2.45, 2.75) is 43.1 Å². The summed E-state index contributed by atoms with van der Waals surface area (Å²) in [6, 6.07) is 0.483. The van der Waals surface area contributed by atoms with E-state index in [4.69, 9.17) is 0 Å². The van der Waals surface area contributed by atoms with Crippen molar-refractivity contribution >= 4 is 11.8 Å². The predicted octanol–water partition coefficient (Wildman–Crippen LogP) is 1.34. The molecule has 1 unspecified atom stereocenters. The van der Waals surface area contributed by atoms with E-state index in [9.17, 15) is 5.11 Å². The second-order valence-corrected chi connectivity index (χ2v) is 5.34.